The Morgan fingerprint density at radius 2 is 1.57 bits per heavy atom. The van der Waals surface area contributed by atoms with Crippen molar-refractivity contribution in [1.29, 1.82) is 0 Å². The molecule has 1 aliphatic carbocycles. The molecule has 1 N–H and O–H groups in total. The minimum Gasteiger partial charge on any atom is -0.352 e. The lowest BCUT2D eigenvalue weighted by Crippen LogP contribution is -2.41. The normalized spacial score (nSPS) is 14.5. The van der Waals surface area contributed by atoms with E-state index in [1.165, 1.54) is 41.2 Å². The number of benzene rings is 2. The van der Waals surface area contributed by atoms with E-state index >= 15 is 0 Å². The lowest BCUT2D eigenvalue weighted by atomic mass is 9.94. The molecule has 0 unspecified atom stereocenters. The standard InChI is InChI=1S/C28H36N4O3/c1-3-31-24-12-7-8-13-25(24)32(28(35)27(31)34)20-21-14-16-22(17-15-21)26(33)29-18-9-19-30(2)23-10-5-4-6-11-23/h7-8,12-17,23H,3-6,9-11,18-20H2,1-2H3,(H,29,33). The van der Waals surface area contributed by atoms with Crippen LogP contribution in [0.25, 0.3) is 11.0 Å². The molecular weight excluding hydrogens is 440 g/mol. The second-order valence-electron chi connectivity index (χ2n) is 9.51. The van der Waals surface area contributed by atoms with Gasteiger partial charge in [0.1, 0.15) is 0 Å². The summed E-state index contributed by atoms with van der Waals surface area (Å²) in [4.78, 5) is 40.4. The fraction of sp³-hybridized carbons (Fsp3) is 0.464. The van der Waals surface area contributed by atoms with Gasteiger partial charge in [0, 0.05) is 24.7 Å². The van der Waals surface area contributed by atoms with Crippen LogP contribution in [0.2, 0.25) is 0 Å². The van der Waals surface area contributed by atoms with Crippen molar-refractivity contribution in [1.82, 2.24) is 19.4 Å². The molecule has 7 heteroatoms. The first-order valence-electron chi connectivity index (χ1n) is 12.8. The summed E-state index contributed by atoms with van der Waals surface area (Å²) in [5.74, 6) is -0.0926. The van der Waals surface area contributed by atoms with Crippen LogP contribution in [0.5, 0.6) is 0 Å². The number of para-hydroxylation sites is 2. The predicted molar refractivity (Wildman–Crippen MR) is 140 cm³/mol. The van der Waals surface area contributed by atoms with Gasteiger partial charge in [0.15, 0.2) is 0 Å². The van der Waals surface area contributed by atoms with E-state index < -0.39 is 11.1 Å². The highest BCUT2D eigenvalue weighted by Gasteiger charge is 2.17. The van der Waals surface area contributed by atoms with E-state index in [-0.39, 0.29) is 12.5 Å². The van der Waals surface area contributed by atoms with E-state index in [1.54, 1.807) is 12.1 Å². The van der Waals surface area contributed by atoms with E-state index in [4.69, 9.17) is 0 Å². The number of hydrogen-bond acceptors (Lipinski definition) is 4. The molecule has 1 fully saturated rings. The van der Waals surface area contributed by atoms with Crippen LogP contribution in [0.4, 0.5) is 0 Å². The number of carbonyl (C=O) groups excluding carboxylic acids is 1. The second-order valence-corrected chi connectivity index (χ2v) is 9.51. The molecule has 35 heavy (non-hydrogen) atoms. The third-order valence-corrected chi connectivity index (χ3v) is 7.18. The van der Waals surface area contributed by atoms with Gasteiger partial charge in [-0.2, -0.15) is 0 Å². The first kappa shape index (κ1) is 24.9. The molecule has 186 valence electrons. The maximum Gasteiger partial charge on any atom is 0.317 e. The number of rotatable bonds is 9. The molecule has 1 saturated carbocycles. The van der Waals surface area contributed by atoms with Crippen molar-refractivity contribution < 1.29 is 4.79 Å². The number of aryl methyl sites for hydroxylation is 1. The smallest absolute Gasteiger partial charge is 0.317 e. The maximum absolute atomic E-state index is 12.8. The quantitative estimate of drug-likeness (QED) is 0.378. The lowest BCUT2D eigenvalue weighted by molar-refractivity contribution is 0.0950. The largest absolute Gasteiger partial charge is 0.352 e. The first-order valence-corrected chi connectivity index (χ1v) is 12.8. The van der Waals surface area contributed by atoms with Gasteiger partial charge in [-0.15, -0.1) is 0 Å². The zero-order valence-electron chi connectivity index (χ0n) is 20.8. The van der Waals surface area contributed by atoms with Gasteiger partial charge in [-0.05, 0) is 69.6 Å². The fourth-order valence-corrected chi connectivity index (χ4v) is 5.12. The van der Waals surface area contributed by atoms with Crippen LogP contribution in [-0.4, -0.2) is 46.1 Å². The summed E-state index contributed by atoms with van der Waals surface area (Å²) in [7, 11) is 2.19. The van der Waals surface area contributed by atoms with Crippen molar-refractivity contribution in [3.63, 3.8) is 0 Å². The molecule has 0 aliphatic heterocycles. The van der Waals surface area contributed by atoms with Gasteiger partial charge >= 0.3 is 11.1 Å². The van der Waals surface area contributed by atoms with Crippen molar-refractivity contribution in [3.05, 3.63) is 80.4 Å². The lowest BCUT2D eigenvalue weighted by Gasteiger charge is -2.31. The molecule has 1 heterocycles. The molecule has 4 rings (SSSR count). The minimum absolute atomic E-state index is 0.0926. The molecule has 7 nitrogen and oxygen atoms in total. The van der Waals surface area contributed by atoms with Crippen molar-refractivity contribution >= 4 is 16.9 Å². The van der Waals surface area contributed by atoms with Crippen LogP contribution < -0.4 is 16.4 Å². The maximum atomic E-state index is 12.8. The molecule has 0 radical (unpaired) electrons. The average Bonchev–Trinajstić information content (AvgIpc) is 2.90. The summed E-state index contributed by atoms with van der Waals surface area (Å²) >= 11 is 0. The van der Waals surface area contributed by atoms with E-state index in [0.29, 0.717) is 24.7 Å². The van der Waals surface area contributed by atoms with Crippen molar-refractivity contribution in [2.75, 3.05) is 20.1 Å². The highest BCUT2D eigenvalue weighted by Crippen LogP contribution is 2.21. The number of aromatic nitrogens is 2. The molecule has 0 saturated heterocycles. The number of nitrogens with one attached hydrogen (secondary N) is 1. The summed E-state index contributed by atoms with van der Waals surface area (Å²) in [6.07, 6.45) is 7.51. The predicted octanol–water partition coefficient (Wildman–Crippen LogP) is 3.62. The number of nitrogens with zero attached hydrogens (tertiary/aromatic N) is 3. The topological polar surface area (TPSA) is 76.3 Å². The molecule has 0 bridgehead atoms. The van der Waals surface area contributed by atoms with Gasteiger partial charge < -0.3 is 14.8 Å². The number of carbonyl (C=O) groups is 1. The van der Waals surface area contributed by atoms with Gasteiger partial charge in [-0.1, -0.05) is 43.5 Å². The third kappa shape index (κ3) is 5.73. The van der Waals surface area contributed by atoms with Gasteiger partial charge in [0.05, 0.1) is 17.6 Å². The Bertz CT molecular complexity index is 1270. The summed E-state index contributed by atoms with van der Waals surface area (Å²) in [6.45, 7) is 4.21. The Morgan fingerprint density at radius 1 is 0.943 bits per heavy atom. The van der Waals surface area contributed by atoms with Gasteiger partial charge in [0.25, 0.3) is 5.91 Å². The highest BCUT2D eigenvalue weighted by atomic mass is 16.2. The minimum atomic E-state index is -0.537. The number of fused-ring (bicyclic) bond motifs is 1. The zero-order chi connectivity index (χ0) is 24.8. The Kier molecular flexibility index (Phi) is 8.18. The Hall–Kier alpha value is -3.19. The Morgan fingerprint density at radius 3 is 2.23 bits per heavy atom. The van der Waals surface area contributed by atoms with Crippen LogP contribution >= 0.6 is 0 Å². The van der Waals surface area contributed by atoms with Crippen LogP contribution in [0.15, 0.2) is 58.1 Å². The second kappa shape index (κ2) is 11.5. The van der Waals surface area contributed by atoms with Crippen molar-refractivity contribution in [3.8, 4) is 0 Å². The summed E-state index contributed by atoms with van der Waals surface area (Å²) in [5, 5.41) is 3.01. The van der Waals surface area contributed by atoms with Crippen LogP contribution in [0.1, 0.15) is 61.4 Å². The summed E-state index contributed by atoms with van der Waals surface area (Å²) in [6, 6.07) is 15.4. The van der Waals surface area contributed by atoms with Crippen LogP contribution in [0.3, 0.4) is 0 Å². The third-order valence-electron chi connectivity index (χ3n) is 7.18. The van der Waals surface area contributed by atoms with E-state index in [0.717, 1.165) is 29.6 Å². The highest BCUT2D eigenvalue weighted by molar-refractivity contribution is 5.94. The van der Waals surface area contributed by atoms with Crippen molar-refractivity contribution in [2.24, 2.45) is 0 Å². The van der Waals surface area contributed by atoms with Crippen LogP contribution in [-0.2, 0) is 13.1 Å². The molecule has 0 spiro atoms. The van der Waals surface area contributed by atoms with Gasteiger partial charge in [-0.25, -0.2) is 0 Å². The Labute approximate surface area is 206 Å². The molecular formula is C28H36N4O3. The number of amides is 1. The number of hydrogen-bond donors (Lipinski definition) is 1. The van der Waals surface area contributed by atoms with Gasteiger partial charge in [0.2, 0.25) is 0 Å². The monoisotopic (exact) mass is 476 g/mol. The zero-order valence-corrected chi connectivity index (χ0v) is 20.8. The molecule has 2 aromatic carbocycles. The SMILES string of the molecule is CCn1c(=O)c(=O)n(Cc2ccc(C(=O)NCCCN(C)C3CCCCC3)cc2)c2ccccc21. The van der Waals surface area contributed by atoms with E-state index in [9.17, 15) is 14.4 Å². The first-order chi connectivity index (χ1) is 17.0. The summed E-state index contributed by atoms with van der Waals surface area (Å²) in [5.41, 5.74) is 1.86. The van der Waals surface area contributed by atoms with Crippen molar-refractivity contribution in [2.45, 2.75) is 64.6 Å². The fourth-order valence-electron chi connectivity index (χ4n) is 5.12. The summed E-state index contributed by atoms with van der Waals surface area (Å²) < 4.78 is 3.02. The molecule has 1 aromatic heterocycles. The van der Waals surface area contributed by atoms with E-state index in [1.807, 2.05) is 43.3 Å². The molecule has 3 aromatic rings. The molecule has 1 amide bonds. The van der Waals surface area contributed by atoms with Crippen LogP contribution in [0, 0.1) is 0 Å². The van der Waals surface area contributed by atoms with E-state index in [2.05, 4.69) is 17.3 Å². The van der Waals surface area contributed by atoms with Gasteiger partial charge in [-0.3, -0.25) is 19.0 Å². The average molecular weight is 477 g/mol. The molecule has 1 aliphatic rings. The molecule has 0 atom stereocenters. The Balaban J connectivity index is 1.37.